The molecule has 1 fully saturated rings. The van der Waals surface area contributed by atoms with Gasteiger partial charge in [-0.1, -0.05) is 35.9 Å². The lowest BCUT2D eigenvalue weighted by atomic mass is 10.1. The molecular formula is C16H21NO3. The highest BCUT2D eigenvalue weighted by Gasteiger charge is 2.20. The highest BCUT2D eigenvalue weighted by molar-refractivity contribution is 5.76. The molecule has 20 heavy (non-hydrogen) atoms. The molecule has 1 N–H and O–H groups in total. The fourth-order valence-corrected chi connectivity index (χ4v) is 1.82. The van der Waals surface area contributed by atoms with Gasteiger partial charge in [-0.15, -0.1) is 0 Å². The molecule has 1 unspecified atom stereocenters. The summed E-state index contributed by atoms with van der Waals surface area (Å²) in [5.41, 5.74) is 2.47. The predicted octanol–water partition coefficient (Wildman–Crippen LogP) is 2.05. The normalized spacial score (nSPS) is 14.6. The van der Waals surface area contributed by atoms with Crippen LogP contribution >= 0.6 is 0 Å². The van der Waals surface area contributed by atoms with Gasteiger partial charge < -0.3 is 14.8 Å². The van der Waals surface area contributed by atoms with E-state index in [1.54, 1.807) is 7.11 Å². The summed E-state index contributed by atoms with van der Waals surface area (Å²) in [4.78, 5) is 12.1. The van der Waals surface area contributed by atoms with E-state index in [1.807, 2.05) is 36.5 Å². The zero-order valence-corrected chi connectivity index (χ0v) is 11.8. The monoisotopic (exact) mass is 275 g/mol. The van der Waals surface area contributed by atoms with Gasteiger partial charge in [0.15, 0.2) is 0 Å². The summed E-state index contributed by atoms with van der Waals surface area (Å²) in [5, 5.41) is 3.18. The van der Waals surface area contributed by atoms with Gasteiger partial charge in [-0.05, 0) is 24.6 Å². The van der Waals surface area contributed by atoms with E-state index in [0.717, 1.165) is 18.4 Å². The number of ether oxygens (including phenoxy) is 2. The van der Waals surface area contributed by atoms with Crippen LogP contribution in [0.1, 0.15) is 18.4 Å². The lowest BCUT2D eigenvalue weighted by Gasteiger charge is -2.16. The third kappa shape index (κ3) is 5.05. The van der Waals surface area contributed by atoms with Crippen molar-refractivity contribution in [1.82, 2.24) is 5.32 Å². The first-order valence-corrected chi connectivity index (χ1v) is 6.93. The number of allylic oxidation sites excluding steroid dienone is 1. The molecule has 0 aliphatic heterocycles. The maximum absolute atomic E-state index is 12.1. The molecule has 1 aliphatic rings. The van der Waals surface area contributed by atoms with E-state index in [-0.39, 0.29) is 12.0 Å². The van der Waals surface area contributed by atoms with E-state index in [0.29, 0.717) is 19.6 Å². The van der Waals surface area contributed by atoms with Crippen LogP contribution in [0.5, 0.6) is 0 Å². The van der Waals surface area contributed by atoms with Crippen molar-refractivity contribution in [3.63, 3.8) is 0 Å². The molecule has 0 bridgehead atoms. The molecule has 1 aromatic rings. The SMILES string of the molecule is COCCOC(=O)C(Cc1ccccc1)NC=C1CC1. The second-order valence-electron chi connectivity index (χ2n) is 4.87. The summed E-state index contributed by atoms with van der Waals surface area (Å²) in [5.74, 6) is -0.233. The molecule has 2 rings (SSSR count). The smallest absolute Gasteiger partial charge is 0.328 e. The van der Waals surface area contributed by atoms with Crippen molar-refractivity contribution in [2.24, 2.45) is 0 Å². The molecule has 0 amide bonds. The fourth-order valence-electron chi connectivity index (χ4n) is 1.82. The molecule has 1 aromatic carbocycles. The Morgan fingerprint density at radius 2 is 2.05 bits per heavy atom. The van der Waals surface area contributed by atoms with Crippen LogP contribution in [0.2, 0.25) is 0 Å². The summed E-state index contributed by atoms with van der Waals surface area (Å²) in [6.07, 6.45) is 4.83. The van der Waals surface area contributed by atoms with Gasteiger partial charge in [0.25, 0.3) is 0 Å². The molecule has 4 nitrogen and oxygen atoms in total. The first-order chi connectivity index (χ1) is 9.79. The Hall–Kier alpha value is -1.81. The number of benzene rings is 1. The Bertz CT molecular complexity index is 450. The Morgan fingerprint density at radius 3 is 2.70 bits per heavy atom. The predicted molar refractivity (Wildman–Crippen MR) is 77.2 cm³/mol. The van der Waals surface area contributed by atoms with Crippen LogP contribution in [0.25, 0.3) is 0 Å². The van der Waals surface area contributed by atoms with Crippen molar-refractivity contribution in [2.75, 3.05) is 20.3 Å². The fraction of sp³-hybridized carbons (Fsp3) is 0.438. The van der Waals surface area contributed by atoms with Gasteiger partial charge in [-0.25, -0.2) is 4.79 Å². The van der Waals surface area contributed by atoms with Gasteiger partial charge in [0, 0.05) is 13.5 Å². The van der Waals surface area contributed by atoms with Crippen molar-refractivity contribution in [3.05, 3.63) is 47.7 Å². The van der Waals surface area contributed by atoms with Crippen molar-refractivity contribution >= 4 is 5.97 Å². The maximum Gasteiger partial charge on any atom is 0.328 e. The van der Waals surface area contributed by atoms with Gasteiger partial charge in [0.1, 0.15) is 12.6 Å². The Labute approximate surface area is 119 Å². The van der Waals surface area contributed by atoms with Crippen molar-refractivity contribution in [2.45, 2.75) is 25.3 Å². The molecule has 1 atom stereocenters. The third-order valence-corrected chi connectivity index (χ3v) is 3.13. The molecule has 0 heterocycles. The van der Waals surface area contributed by atoms with Crippen LogP contribution in [-0.4, -0.2) is 32.3 Å². The first kappa shape index (κ1) is 14.6. The van der Waals surface area contributed by atoms with E-state index in [1.165, 1.54) is 5.57 Å². The molecule has 4 heteroatoms. The standard InChI is InChI=1S/C16H21NO3/c1-19-9-10-20-16(18)15(17-12-14-7-8-14)11-13-5-3-2-4-6-13/h2-6,12,15,17H,7-11H2,1H3. The maximum atomic E-state index is 12.1. The zero-order chi connectivity index (χ0) is 14.2. The van der Waals surface area contributed by atoms with Crippen molar-refractivity contribution in [3.8, 4) is 0 Å². The van der Waals surface area contributed by atoms with Crippen LogP contribution in [0.4, 0.5) is 0 Å². The highest BCUT2D eigenvalue weighted by Crippen LogP contribution is 2.26. The van der Waals surface area contributed by atoms with Crippen LogP contribution in [0, 0.1) is 0 Å². The molecule has 0 spiro atoms. The van der Waals surface area contributed by atoms with Crippen LogP contribution < -0.4 is 5.32 Å². The molecule has 0 aromatic heterocycles. The average molecular weight is 275 g/mol. The van der Waals surface area contributed by atoms with Gasteiger partial charge in [-0.2, -0.15) is 0 Å². The second kappa shape index (κ2) is 7.70. The summed E-state index contributed by atoms with van der Waals surface area (Å²) >= 11 is 0. The van der Waals surface area contributed by atoms with E-state index >= 15 is 0 Å². The number of carbonyl (C=O) groups excluding carboxylic acids is 1. The summed E-state index contributed by atoms with van der Waals surface area (Å²) < 4.78 is 10.1. The van der Waals surface area contributed by atoms with Gasteiger partial charge in [-0.3, -0.25) is 0 Å². The summed E-state index contributed by atoms with van der Waals surface area (Å²) in [7, 11) is 1.59. The lowest BCUT2D eigenvalue weighted by Crippen LogP contribution is -2.37. The lowest BCUT2D eigenvalue weighted by molar-refractivity contribution is -0.147. The van der Waals surface area contributed by atoms with Gasteiger partial charge >= 0.3 is 5.97 Å². The third-order valence-electron chi connectivity index (χ3n) is 3.13. The van der Waals surface area contributed by atoms with Gasteiger partial charge in [0.05, 0.1) is 6.61 Å². The number of carbonyl (C=O) groups is 1. The van der Waals surface area contributed by atoms with Crippen molar-refractivity contribution in [1.29, 1.82) is 0 Å². The molecule has 0 radical (unpaired) electrons. The first-order valence-electron chi connectivity index (χ1n) is 6.93. The number of rotatable bonds is 8. The average Bonchev–Trinajstić information content (AvgIpc) is 3.29. The van der Waals surface area contributed by atoms with E-state index in [4.69, 9.17) is 9.47 Å². The number of nitrogens with one attached hydrogen (secondary N) is 1. The minimum atomic E-state index is -0.345. The Balaban J connectivity index is 1.92. The van der Waals surface area contributed by atoms with Gasteiger partial charge in [0.2, 0.25) is 0 Å². The van der Waals surface area contributed by atoms with E-state index in [2.05, 4.69) is 5.32 Å². The minimum Gasteiger partial charge on any atom is -0.462 e. The summed E-state index contributed by atoms with van der Waals surface area (Å²) in [6, 6.07) is 9.60. The zero-order valence-electron chi connectivity index (χ0n) is 11.8. The number of methoxy groups -OCH3 is 1. The second-order valence-corrected chi connectivity index (χ2v) is 4.87. The summed E-state index contributed by atoms with van der Waals surface area (Å²) in [6.45, 7) is 0.712. The Kier molecular flexibility index (Phi) is 5.62. The molecule has 108 valence electrons. The van der Waals surface area contributed by atoms with Crippen LogP contribution in [0.3, 0.4) is 0 Å². The molecular weight excluding hydrogens is 254 g/mol. The molecule has 0 saturated heterocycles. The largest absolute Gasteiger partial charge is 0.462 e. The van der Waals surface area contributed by atoms with E-state index in [9.17, 15) is 4.79 Å². The quantitative estimate of drug-likeness (QED) is 0.583. The number of hydrogen-bond acceptors (Lipinski definition) is 4. The molecule has 1 saturated carbocycles. The molecule has 1 aliphatic carbocycles. The van der Waals surface area contributed by atoms with Crippen LogP contribution in [0.15, 0.2) is 42.1 Å². The highest BCUT2D eigenvalue weighted by atomic mass is 16.6. The van der Waals surface area contributed by atoms with E-state index < -0.39 is 0 Å². The number of hydrogen-bond donors (Lipinski definition) is 1. The Morgan fingerprint density at radius 1 is 1.30 bits per heavy atom. The number of esters is 1. The minimum absolute atomic E-state index is 0.233. The van der Waals surface area contributed by atoms with Crippen LogP contribution in [-0.2, 0) is 20.7 Å². The van der Waals surface area contributed by atoms with Crippen molar-refractivity contribution < 1.29 is 14.3 Å². The topological polar surface area (TPSA) is 47.6 Å².